The number of likely N-dealkylation sites (tertiary alicyclic amines) is 1. The van der Waals surface area contributed by atoms with E-state index in [2.05, 4.69) is 40.5 Å². The molecule has 0 atom stereocenters. The van der Waals surface area contributed by atoms with Crippen molar-refractivity contribution in [1.82, 2.24) is 4.90 Å². The number of benzene rings is 1. The number of halogens is 1. The summed E-state index contributed by atoms with van der Waals surface area (Å²) in [6, 6.07) is 12.2. The second kappa shape index (κ2) is 7.16. The van der Waals surface area contributed by atoms with Gasteiger partial charge in [-0.15, -0.1) is 12.4 Å². The summed E-state index contributed by atoms with van der Waals surface area (Å²) in [5.41, 5.74) is 1.27. The minimum Gasteiger partial charge on any atom is -0.382 e. The van der Waals surface area contributed by atoms with Crippen molar-refractivity contribution in [2.75, 3.05) is 18.4 Å². The van der Waals surface area contributed by atoms with Crippen molar-refractivity contribution in [1.29, 1.82) is 0 Å². The highest BCUT2D eigenvalue weighted by atomic mass is 35.5. The molecule has 0 aromatic heterocycles. The fourth-order valence-corrected chi connectivity index (χ4v) is 3.45. The lowest BCUT2D eigenvalue weighted by molar-refractivity contribution is 0.159. The van der Waals surface area contributed by atoms with E-state index in [1.54, 1.807) is 0 Å². The minimum atomic E-state index is 0. The fraction of sp³-hybridized carbons (Fsp3) is 0.625. The van der Waals surface area contributed by atoms with Gasteiger partial charge in [0.25, 0.3) is 0 Å². The molecule has 1 aromatic carbocycles. The summed E-state index contributed by atoms with van der Waals surface area (Å²) in [4.78, 5) is 2.73. The molecule has 1 saturated heterocycles. The van der Waals surface area contributed by atoms with E-state index in [-0.39, 0.29) is 12.4 Å². The maximum Gasteiger partial charge on any atom is 0.0342 e. The second-order valence-electron chi connectivity index (χ2n) is 5.76. The summed E-state index contributed by atoms with van der Waals surface area (Å²) in [6.07, 6.45) is 8.38. The first-order chi connectivity index (χ1) is 8.92. The number of piperidine rings is 1. The van der Waals surface area contributed by atoms with E-state index in [4.69, 9.17) is 0 Å². The monoisotopic (exact) mass is 280 g/mol. The van der Waals surface area contributed by atoms with Crippen LogP contribution < -0.4 is 5.32 Å². The Labute approximate surface area is 123 Å². The summed E-state index contributed by atoms with van der Waals surface area (Å²) < 4.78 is 0. The molecule has 0 radical (unpaired) electrons. The highest BCUT2D eigenvalue weighted by Crippen LogP contribution is 2.26. The minimum absolute atomic E-state index is 0. The summed E-state index contributed by atoms with van der Waals surface area (Å²) in [5, 5.41) is 3.67. The molecule has 1 aliphatic heterocycles. The number of hydrogen-bond acceptors (Lipinski definition) is 2. The van der Waals surface area contributed by atoms with Crippen LogP contribution in [-0.4, -0.2) is 30.1 Å². The highest BCUT2D eigenvalue weighted by Gasteiger charge is 2.26. The van der Waals surface area contributed by atoms with Crippen molar-refractivity contribution < 1.29 is 0 Å². The third-order valence-corrected chi connectivity index (χ3v) is 4.52. The predicted octanol–water partition coefficient (Wildman–Crippen LogP) is 3.93. The number of anilines is 1. The molecule has 1 aliphatic carbocycles. The van der Waals surface area contributed by atoms with Crippen LogP contribution in [0.4, 0.5) is 5.69 Å². The van der Waals surface area contributed by atoms with E-state index in [0.717, 1.165) is 6.04 Å². The van der Waals surface area contributed by atoms with E-state index in [0.29, 0.717) is 6.04 Å². The zero-order valence-electron chi connectivity index (χ0n) is 11.6. The summed E-state index contributed by atoms with van der Waals surface area (Å²) >= 11 is 0. The Kier molecular flexibility index (Phi) is 5.53. The van der Waals surface area contributed by atoms with Gasteiger partial charge in [0, 0.05) is 30.9 Å². The average molecular weight is 281 g/mol. The molecule has 0 spiro atoms. The Balaban J connectivity index is 0.00000133. The Bertz CT molecular complexity index is 354. The third-order valence-electron chi connectivity index (χ3n) is 4.52. The Hall–Kier alpha value is -0.730. The van der Waals surface area contributed by atoms with E-state index in [1.165, 1.54) is 57.3 Å². The van der Waals surface area contributed by atoms with Crippen LogP contribution in [0, 0.1) is 0 Å². The first-order valence-corrected chi connectivity index (χ1v) is 7.47. The molecule has 2 fully saturated rings. The quantitative estimate of drug-likeness (QED) is 0.903. The number of para-hydroxylation sites is 1. The summed E-state index contributed by atoms with van der Waals surface area (Å²) in [7, 11) is 0. The molecule has 19 heavy (non-hydrogen) atoms. The number of nitrogens with one attached hydrogen (secondary N) is 1. The van der Waals surface area contributed by atoms with Crippen molar-refractivity contribution in [3.05, 3.63) is 30.3 Å². The molecular weight excluding hydrogens is 256 g/mol. The van der Waals surface area contributed by atoms with Crippen LogP contribution in [0.25, 0.3) is 0 Å². The lowest BCUT2D eigenvalue weighted by Gasteiger charge is -2.36. The van der Waals surface area contributed by atoms with Gasteiger partial charge in [0.2, 0.25) is 0 Å². The van der Waals surface area contributed by atoms with E-state index in [9.17, 15) is 0 Å². The third kappa shape index (κ3) is 3.87. The van der Waals surface area contributed by atoms with Crippen LogP contribution >= 0.6 is 12.4 Å². The van der Waals surface area contributed by atoms with Gasteiger partial charge < -0.3 is 10.2 Å². The molecule has 1 saturated carbocycles. The molecular formula is C16H25ClN2. The SMILES string of the molecule is Cl.c1ccc(NC2CCN(C3CCCC3)CC2)cc1. The molecule has 2 aliphatic rings. The average Bonchev–Trinajstić information content (AvgIpc) is 2.95. The molecule has 0 bridgehead atoms. The van der Waals surface area contributed by atoms with Gasteiger partial charge in [0.05, 0.1) is 0 Å². The van der Waals surface area contributed by atoms with Gasteiger partial charge in [-0.3, -0.25) is 0 Å². The molecule has 2 nitrogen and oxygen atoms in total. The Morgan fingerprint density at radius 3 is 2.16 bits per heavy atom. The number of hydrogen-bond donors (Lipinski definition) is 1. The Morgan fingerprint density at radius 2 is 1.53 bits per heavy atom. The van der Waals surface area contributed by atoms with E-state index in [1.807, 2.05) is 0 Å². The maximum atomic E-state index is 3.67. The molecule has 1 aromatic rings. The second-order valence-corrected chi connectivity index (χ2v) is 5.76. The summed E-state index contributed by atoms with van der Waals surface area (Å²) in [6.45, 7) is 2.57. The molecule has 3 heteroatoms. The van der Waals surface area contributed by atoms with Crippen molar-refractivity contribution in [3.8, 4) is 0 Å². The van der Waals surface area contributed by atoms with Gasteiger partial charge in [-0.1, -0.05) is 31.0 Å². The topological polar surface area (TPSA) is 15.3 Å². The van der Waals surface area contributed by atoms with Crippen LogP contribution in [-0.2, 0) is 0 Å². The van der Waals surface area contributed by atoms with Crippen LogP contribution in [0.2, 0.25) is 0 Å². The summed E-state index contributed by atoms with van der Waals surface area (Å²) in [5.74, 6) is 0. The fourth-order valence-electron chi connectivity index (χ4n) is 3.45. The highest BCUT2D eigenvalue weighted by molar-refractivity contribution is 5.85. The van der Waals surface area contributed by atoms with Crippen molar-refractivity contribution in [3.63, 3.8) is 0 Å². The van der Waals surface area contributed by atoms with Crippen molar-refractivity contribution in [2.24, 2.45) is 0 Å². The van der Waals surface area contributed by atoms with Gasteiger partial charge in [0.1, 0.15) is 0 Å². The maximum absolute atomic E-state index is 3.67. The number of nitrogens with zero attached hydrogens (tertiary/aromatic N) is 1. The zero-order valence-corrected chi connectivity index (χ0v) is 12.4. The van der Waals surface area contributed by atoms with E-state index < -0.39 is 0 Å². The van der Waals surface area contributed by atoms with Gasteiger partial charge in [-0.05, 0) is 37.8 Å². The predicted molar refractivity (Wildman–Crippen MR) is 84.2 cm³/mol. The standard InChI is InChI=1S/C16H24N2.ClH/c1-2-6-14(7-3-1)17-15-10-12-18(13-11-15)16-8-4-5-9-16;/h1-3,6-7,15-17H,4-5,8-13H2;1H. The smallest absolute Gasteiger partial charge is 0.0342 e. The van der Waals surface area contributed by atoms with Gasteiger partial charge >= 0.3 is 0 Å². The lowest BCUT2D eigenvalue weighted by atomic mass is 10.0. The van der Waals surface area contributed by atoms with Crippen LogP contribution in [0.15, 0.2) is 30.3 Å². The zero-order chi connectivity index (χ0) is 12.2. The first kappa shape index (κ1) is 14.7. The van der Waals surface area contributed by atoms with Crippen molar-refractivity contribution >= 4 is 18.1 Å². The lowest BCUT2D eigenvalue weighted by Crippen LogP contribution is -2.43. The van der Waals surface area contributed by atoms with Gasteiger partial charge in [-0.2, -0.15) is 0 Å². The van der Waals surface area contributed by atoms with Crippen LogP contribution in [0.5, 0.6) is 0 Å². The van der Waals surface area contributed by atoms with E-state index >= 15 is 0 Å². The molecule has 1 heterocycles. The molecule has 3 rings (SSSR count). The number of rotatable bonds is 3. The Morgan fingerprint density at radius 1 is 0.895 bits per heavy atom. The molecule has 106 valence electrons. The largest absolute Gasteiger partial charge is 0.382 e. The molecule has 0 amide bonds. The van der Waals surface area contributed by atoms with Crippen LogP contribution in [0.1, 0.15) is 38.5 Å². The van der Waals surface area contributed by atoms with Crippen molar-refractivity contribution in [2.45, 2.75) is 50.6 Å². The molecule has 0 unspecified atom stereocenters. The van der Waals surface area contributed by atoms with Crippen LogP contribution in [0.3, 0.4) is 0 Å². The normalized spacial score (nSPS) is 22.1. The van der Waals surface area contributed by atoms with Gasteiger partial charge in [-0.25, -0.2) is 0 Å². The molecule has 1 N–H and O–H groups in total. The first-order valence-electron chi connectivity index (χ1n) is 7.47. The van der Waals surface area contributed by atoms with Gasteiger partial charge in [0.15, 0.2) is 0 Å².